The van der Waals surface area contributed by atoms with Crippen LogP contribution >= 0.6 is 0 Å². The van der Waals surface area contributed by atoms with Crippen LogP contribution in [0.3, 0.4) is 0 Å². The maximum Gasteiger partial charge on any atom is 0.391 e. The van der Waals surface area contributed by atoms with Crippen LogP contribution in [0.5, 0.6) is 5.75 Å². The number of aromatic nitrogens is 1. The van der Waals surface area contributed by atoms with Crippen molar-refractivity contribution in [2.75, 3.05) is 12.4 Å². The molecule has 0 radical (unpaired) electrons. The molecule has 1 N–H and O–H groups in total. The highest BCUT2D eigenvalue weighted by Gasteiger charge is 2.41. The van der Waals surface area contributed by atoms with E-state index in [-0.39, 0.29) is 24.7 Å². The summed E-state index contributed by atoms with van der Waals surface area (Å²) in [6.07, 6.45) is 4.33. The summed E-state index contributed by atoms with van der Waals surface area (Å²) < 4.78 is 44.1. The molecule has 152 valence electrons. The molecule has 0 atom stereocenters. The molecule has 28 heavy (non-hydrogen) atoms. The Hall–Kier alpha value is -2.31. The van der Waals surface area contributed by atoms with E-state index in [4.69, 9.17) is 4.74 Å². The minimum Gasteiger partial charge on any atom is -0.494 e. The second kappa shape index (κ2) is 8.37. The maximum atomic E-state index is 12.8. The first kappa shape index (κ1) is 20.4. The molecule has 0 spiro atoms. The van der Waals surface area contributed by atoms with Gasteiger partial charge in [-0.3, -0.25) is 4.79 Å². The third kappa shape index (κ3) is 4.94. The molecule has 0 saturated heterocycles. The average Bonchev–Trinajstić information content (AvgIpc) is 3.50. The van der Waals surface area contributed by atoms with Crippen LogP contribution in [0.1, 0.15) is 55.7 Å². The number of nitrogens with zero attached hydrogens (tertiary/aromatic N) is 1. The Kier molecular flexibility index (Phi) is 6.10. The SMILES string of the molecule is C=CC(=O)Nc1cc(/C=C/C2CCC(C(F)(F)F)CC2)c(OC)c(C2CC2)n1. The summed E-state index contributed by atoms with van der Waals surface area (Å²) >= 11 is 0. The molecule has 0 bridgehead atoms. The van der Waals surface area contributed by atoms with Gasteiger partial charge in [-0.15, -0.1) is 0 Å². The molecule has 7 heteroatoms. The van der Waals surface area contributed by atoms with Gasteiger partial charge < -0.3 is 10.1 Å². The van der Waals surface area contributed by atoms with Crippen LogP contribution in [0.4, 0.5) is 19.0 Å². The number of hydrogen-bond acceptors (Lipinski definition) is 3. The molecule has 2 aliphatic rings. The van der Waals surface area contributed by atoms with E-state index in [1.54, 1.807) is 13.2 Å². The number of alkyl halides is 3. The molecular formula is C21H25F3N2O2. The van der Waals surface area contributed by atoms with Crippen LogP contribution < -0.4 is 10.1 Å². The monoisotopic (exact) mass is 394 g/mol. The van der Waals surface area contributed by atoms with Gasteiger partial charge in [0.05, 0.1) is 18.7 Å². The number of methoxy groups -OCH3 is 1. The van der Waals surface area contributed by atoms with E-state index >= 15 is 0 Å². The smallest absolute Gasteiger partial charge is 0.391 e. The number of anilines is 1. The van der Waals surface area contributed by atoms with E-state index < -0.39 is 12.1 Å². The van der Waals surface area contributed by atoms with Gasteiger partial charge in [0, 0.05) is 11.5 Å². The molecule has 1 heterocycles. The fraction of sp³-hybridized carbons (Fsp3) is 0.524. The Morgan fingerprint density at radius 1 is 1.25 bits per heavy atom. The molecule has 0 aromatic carbocycles. The van der Waals surface area contributed by atoms with Gasteiger partial charge in [-0.05, 0) is 56.6 Å². The zero-order valence-electron chi connectivity index (χ0n) is 15.9. The summed E-state index contributed by atoms with van der Waals surface area (Å²) in [5, 5.41) is 2.68. The number of carbonyl (C=O) groups is 1. The lowest BCUT2D eigenvalue weighted by molar-refractivity contribution is -0.183. The molecule has 1 aromatic heterocycles. The van der Waals surface area contributed by atoms with Gasteiger partial charge in [-0.2, -0.15) is 13.2 Å². The molecule has 1 aromatic rings. The van der Waals surface area contributed by atoms with Gasteiger partial charge in [0.1, 0.15) is 11.6 Å². The number of allylic oxidation sites excluding steroid dienone is 1. The number of nitrogens with one attached hydrogen (secondary N) is 1. The molecule has 4 nitrogen and oxygen atoms in total. The van der Waals surface area contributed by atoms with E-state index in [2.05, 4.69) is 16.9 Å². The molecule has 0 aliphatic heterocycles. The lowest BCUT2D eigenvalue weighted by atomic mass is 9.81. The van der Waals surface area contributed by atoms with Crippen LogP contribution in [-0.2, 0) is 4.79 Å². The largest absolute Gasteiger partial charge is 0.494 e. The Bertz CT molecular complexity index is 762. The van der Waals surface area contributed by atoms with E-state index in [1.807, 2.05) is 12.2 Å². The van der Waals surface area contributed by atoms with Crippen molar-refractivity contribution in [1.82, 2.24) is 4.98 Å². The first-order valence-electron chi connectivity index (χ1n) is 9.59. The summed E-state index contributed by atoms with van der Waals surface area (Å²) in [5.41, 5.74) is 1.58. The minimum atomic E-state index is -4.10. The van der Waals surface area contributed by atoms with Crippen molar-refractivity contribution < 1.29 is 22.7 Å². The van der Waals surface area contributed by atoms with E-state index in [0.717, 1.165) is 24.1 Å². The predicted molar refractivity (Wildman–Crippen MR) is 102 cm³/mol. The number of halogens is 3. The average molecular weight is 394 g/mol. The highest BCUT2D eigenvalue weighted by atomic mass is 19.4. The fourth-order valence-corrected chi connectivity index (χ4v) is 3.67. The molecule has 3 rings (SSSR count). The van der Waals surface area contributed by atoms with Crippen molar-refractivity contribution in [2.45, 2.75) is 50.6 Å². The number of carbonyl (C=O) groups excluding carboxylic acids is 1. The Morgan fingerprint density at radius 3 is 2.46 bits per heavy atom. The normalized spacial score (nSPS) is 22.9. The molecule has 1 amide bonds. The first-order chi connectivity index (χ1) is 13.3. The van der Waals surface area contributed by atoms with Crippen molar-refractivity contribution in [1.29, 1.82) is 0 Å². The van der Waals surface area contributed by atoms with Gasteiger partial charge in [0.15, 0.2) is 0 Å². The van der Waals surface area contributed by atoms with Crippen molar-refractivity contribution in [3.63, 3.8) is 0 Å². The lowest BCUT2D eigenvalue weighted by Gasteiger charge is -2.28. The third-order valence-electron chi connectivity index (χ3n) is 5.42. The first-order valence-corrected chi connectivity index (χ1v) is 9.59. The summed E-state index contributed by atoms with van der Waals surface area (Å²) in [6, 6.07) is 1.73. The summed E-state index contributed by atoms with van der Waals surface area (Å²) in [5.74, 6) is -0.0288. The number of pyridine rings is 1. The standard InChI is InChI=1S/C21H25F3N2O2/c1-3-18(27)25-17-12-15(20(28-2)19(26-17)14-8-9-14)7-4-13-5-10-16(11-6-13)21(22,23)24/h3-4,7,12-14,16H,1,5-6,8-11H2,2H3,(H,25,26,27)/b7-4+. The van der Waals surface area contributed by atoms with Gasteiger partial charge in [-0.1, -0.05) is 18.7 Å². The van der Waals surface area contributed by atoms with Crippen LogP contribution in [0, 0.1) is 11.8 Å². The number of hydrogen-bond donors (Lipinski definition) is 1. The van der Waals surface area contributed by atoms with Crippen LogP contribution in [0.2, 0.25) is 0 Å². The van der Waals surface area contributed by atoms with E-state index in [0.29, 0.717) is 30.3 Å². The molecular weight excluding hydrogens is 369 g/mol. The topological polar surface area (TPSA) is 51.2 Å². The quantitative estimate of drug-likeness (QED) is 0.651. The Balaban J connectivity index is 1.79. The van der Waals surface area contributed by atoms with Gasteiger partial charge in [0.25, 0.3) is 0 Å². The van der Waals surface area contributed by atoms with Gasteiger partial charge in [0.2, 0.25) is 5.91 Å². The number of ether oxygens (including phenoxy) is 1. The van der Waals surface area contributed by atoms with Gasteiger partial charge in [-0.25, -0.2) is 4.98 Å². The second-order valence-corrected chi connectivity index (χ2v) is 7.50. The van der Waals surface area contributed by atoms with E-state index in [9.17, 15) is 18.0 Å². The molecule has 2 saturated carbocycles. The highest BCUT2D eigenvalue weighted by Crippen LogP contribution is 2.45. The summed E-state index contributed by atoms with van der Waals surface area (Å²) in [4.78, 5) is 16.2. The number of rotatable bonds is 6. The van der Waals surface area contributed by atoms with E-state index in [1.165, 1.54) is 6.08 Å². The van der Waals surface area contributed by atoms with Crippen molar-refractivity contribution in [3.05, 3.63) is 36.1 Å². The van der Waals surface area contributed by atoms with Crippen LogP contribution in [0.15, 0.2) is 24.8 Å². The maximum absolute atomic E-state index is 12.8. The van der Waals surface area contributed by atoms with Crippen molar-refractivity contribution >= 4 is 17.8 Å². The second-order valence-electron chi connectivity index (χ2n) is 7.50. The zero-order valence-corrected chi connectivity index (χ0v) is 15.9. The summed E-state index contributed by atoms with van der Waals surface area (Å²) in [6.45, 7) is 3.45. The van der Waals surface area contributed by atoms with Crippen LogP contribution in [-0.4, -0.2) is 24.2 Å². The highest BCUT2D eigenvalue weighted by molar-refractivity contribution is 5.98. The Morgan fingerprint density at radius 2 is 1.93 bits per heavy atom. The third-order valence-corrected chi connectivity index (χ3v) is 5.42. The van der Waals surface area contributed by atoms with Crippen LogP contribution in [0.25, 0.3) is 6.08 Å². The molecule has 2 aliphatic carbocycles. The lowest BCUT2D eigenvalue weighted by Crippen LogP contribution is -2.27. The summed E-state index contributed by atoms with van der Waals surface area (Å²) in [7, 11) is 1.58. The number of amides is 1. The van der Waals surface area contributed by atoms with Crippen molar-refractivity contribution in [2.24, 2.45) is 11.8 Å². The Labute approximate surface area is 162 Å². The predicted octanol–water partition coefficient (Wildman–Crippen LogP) is 5.47. The minimum absolute atomic E-state index is 0.104. The zero-order chi connectivity index (χ0) is 20.3. The van der Waals surface area contributed by atoms with Gasteiger partial charge >= 0.3 is 6.18 Å². The molecule has 2 fully saturated rings. The fourth-order valence-electron chi connectivity index (χ4n) is 3.67. The molecule has 0 unspecified atom stereocenters. The van der Waals surface area contributed by atoms with Crippen molar-refractivity contribution in [3.8, 4) is 5.75 Å².